The number of ketones is 1. The van der Waals surface area contributed by atoms with Gasteiger partial charge in [-0.15, -0.1) is 0 Å². The summed E-state index contributed by atoms with van der Waals surface area (Å²) in [4.78, 5) is 14.0. The van der Waals surface area contributed by atoms with Crippen molar-refractivity contribution in [1.82, 2.24) is 0 Å². The molecule has 0 saturated heterocycles. The third-order valence-corrected chi connectivity index (χ3v) is 3.73. The van der Waals surface area contributed by atoms with Gasteiger partial charge >= 0.3 is 0 Å². The van der Waals surface area contributed by atoms with Crippen LogP contribution in [0.4, 0.5) is 5.69 Å². The first-order valence-electron chi connectivity index (χ1n) is 6.93. The van der Waals surface area contributed by atoms with E-state index in [-0.39, 0.29) is 17.2 Å². The number of ether oxygens (including phenoxy) is 1. The van der Waals surface area contributed by atoms with Crippen LogP contribution in [-0.4, -0.2) is 19.9 Å². The quantitative estimate of drug-likeness (QED) is 0.927. The SMILES string of the molecule is CC(=O)C1=C(C)OC(N)=C(C#N)[C@@H]1c1ccc(N(C)C)cc1. The highest BCUT2D eigenvalue weighted by Crippen LogP contribution is 2.39. The van der Waals surface area contributed by atoms with Gasteiger partial charge in [-0.3, -0.25) is 4.79 Å². The lowest BCUT2D eigenvalue weighted by atomic mass is 9.81. The van der Waals surface area contributed by atoms with Crippen LogP contribution >= 0.6 is 0 Å². The van der Waals surface area contributed by atoms with Gasteiger partial charge in [0.25, 0.3) is 0 Å². The number of carbonyl (C=O) groups is 1. The van der Waals surface area contributed by atoms with Crippen LogP contribution in [0.3, 0.4) is 0 Å². The summed E-state index contributed by atoms with van der Waals surface area (Å²) in [5.74, 6) is -0.0933. The Morgan fingerprint density at radius 2 is 1.91 bits per heavy atom. The van der Waals surface area contributed by atoms with Crippen molar-refractivity contribution in [3.05, 3.63) is 52.6 Å². The van der Waals surface area contributed by atoms with Gasteiger partial charge in [0.2, 0.25) is 5.88 Å². The van der Waals surface area contributed by atoms with E-state index in [0.29, 0.717) is 11.3 Å². The number of nitriles is 1. The number of benzene rings is 1. The van der Waals surface area contributed by atoms with Gasteiger partial charge in [-0.1, -0.05) is 12.1 Å². The average molecular weight is 297 g/mol. The van der Waals surface area contributed by atoms with Crippen molar-refractivity contribution in [1.29, 1.82) is 5.26 Å². The van der Waals surface area contributed by atoms with E-state index in [2.05, 4.69) is 6.07 Å². The van der Waals surface area contributed by atoms with Gasteiger partial charge in [-0.25, -0.2) is 0 Å². The van der Waals surface area contributed by atoms with Crippen molar-refractivity contribution in [2.24, 2.45) is 5.73 Å². The number of rotatable bonds is 3. The van der Waals surface area contributed by atoms with Gasteiger partial charge in [-0.2, -0.15) is 5.26 Å². The predicted molar refractivity (Wildman–Crippen MR) is 84.8 cm³/mol. The summed E-state index contributed by atoms with van der Waals surface area (Å²) in [5, 5.41) is 9.41. The first kappa shape index (κ1) is 15.6. The van der Waals surface area contributed by atoms with Gasteiger partial charge in [-0.05, 0) is 31.5 Å². The fourth-order valence-electron chi connectivity index (χ4n) is 2.63. The highest BCUT2D eigenvalue weighted by atomic mass is 16.5. The maximum Gasteiger partial charge on any atom is 0.205 e. The molecule has 2 N–H and O–H groups in total. The van der Waals surface area contributed by atoms with Crippen molar-refractivity contribution in [2.75, 3.05) is 19.0 Å². The molecule has 0 fully saturated rings. The van der Waals surface area contributed by atoms with Crippen LogP contribution in [0.2, 0.25) is 0 Å². The molecule has 5 nitrogen and oxygen atoms in total. The van der Waals surface area contributed by atoms with Crippen molar-refractivity contribution in [3.8, 4) is 6.07 Å². The number of nitrogens with two attached hydrogens (primary N) is 1. The van der Waals surface area contributed by atoms with Crippen molar-refractivity contribution < 1.29 is 9.53 Å². The summed E-state index contributed by atoms with van der Waals surface area (Å²) in [7, 11) is 3.90. The number of nitrogens with zero attached hydrogens (tertiary/aromatic N) is 2. The van der Waals surface area contributed by atoms with Crippen LogP contribution in [0.25, 0.3) is 0 Å². The summed E-state index contributed by atoms with van der Waals surface area (Å²) < 4.78 is 5.36. The molecule has 0 radical (unpaired) electrons. The van der Waals surface area contributed by atoms with Crippen LogP contribution in [0.15, 0.2) is 47.1 Å². The van der Waals surface area contributed by atoms with E-state index < -0.39 is 5.92 Å². The average Bonchev–Trinajstić information content (AvgIpc) is 2.46. The molecule has 114 valence electrons. The lowest BCUT2D eigenvalue weighted by Gasteiger charge is -2.27. The number of hydrogen-bond donors (Lipinski definition) is 1. The fourth-order valence-corrected chi connectivity index (χ4v) is 2.63. The Morgan fingerprint density at radius 1 is 1.32 bits per heavy atom. The van der Waals surface area contributed by atoms with E-state index in [1.54, 1.807) is 6.92 Å². The summed E-state index contributed by atoms with van der Waals surface area (Å²) in [6.07, 6.45) is 0. The lowest BCUT2D eigenvalue weighted by molar-refractivity contribution is -0.114. The Morgan fingerprint density at radius 3 is 2.36 bits per heavy atom. The van der Waals surface area contributed by atoms with Gasteiger partial charge < -0.3 is 15.4 Å². The number of anilines is 1. The summed E-state index contributed by atoms with van der Waals surface area (Å²) in [6.45, 7) is 3.17. The monoisotopic (exact) mass is 297 g/mol. The van der Waals surface area contributed by atoms with Gasteiger partial charge in [0.15, 0.2) is 5.78 Å². The second kappa shape index (κ2) is 5.94. The Kier molecular flexibility index (Phi) is 4.22. The van der Waals surface area contributed by atoms with Crippen LogP contribution in [-0.2, 0) is 9.53 Å². The van der Waals surface area contributed by atoms with Crippen molar-refractivity contribution in [3.63, 3.8) is 0 Å². The Bertz CT molecular complexity index is 706. The Balaban J connectivity index is 2.58. The van der Waals surface area contributed by atoms with E-state index in [1.807, 2.05) is 43.3 Å². The van der Waals surface area contributed by atoms with Crippen LogP contribution in [0.5, 0.6) is 0 Å². The molecule has 1 aliphatic rings. The second-order valence-corrected chi connectivity index (χ2v) is 5.44. The first-order chi connectivity index (χ1) is 10.4. The topological polar surface area (TPSA) is 79.3 Å². The maximum atomic E-state index is 12.0. The van der Waals surface area contributed by atoms with Gasteiger partial charge in [0.1, 0.15) is 17.4 Å². The predicted octanol–water partition coefficient (Wildman–Crippen LogP) is 2.42. The third kappa shape index (κ3) is 2.68. The first-order valence-corrected chi connectivity index (χ1v) is 6.93. The zero-order valence-corrected chi connectivity index (χ0v) is 13.2. The largest absolute Gasteiger partial charge is 0.445 e. The van der Waals surface area contributed by atoms with Crippen LogP contribution in [0.1, 0.15) is 25.3 Å². The third-order valence-electron chi connectivity index (χ3n) is 3.73. The molecule has 0 unspecified atom stereocenters. The minimum Gasteiger partial charge on any atom is -0.445 e. The fraction of sp³-hybridized carbons (Fsp3) is 0.294. The Hall–Kier alpha value is -2.74. The number of Topliss-reactive ketones (excluding diaryl/α,β-unsaturated/α-hetero) is 1. The standard InChI is InChI=1S/C17H19N3O2/c1-10(21)15-11(2)22-17(19)14(9-18)16(15)12-5-7-13(8-6-12)20(3)4/h5-8,16H,19H2,1-4H3/t16-/m0/s1. The zero-order valence-electron chi connectivity index (χ0n) is 13.2. The summed E-state index contributed by atoms with van der Waals surface area (Å²) in [5.41, 5.74) is 8.46. The number of allylic oxidation sites excluding steroid dienone is 3. The molecule has 5 heteroatoms. The highest BCUT2D eigenvalue weighted by Gasteiger charge is 2.33. The van der Waals surface area contributed by atoms with Crippen molar-refractivity contribution >= 4 is 11.5 Å². The molecule has 0 bridgehead atoms. The summed E-state index contributed by atoms with van der Waals surface area (Å²) in [6, 6.07) is 9.79. The highest BCUT2D eigenvalue weighted by molar-refractivity contribution is 5.96. The minimum absolute atomic E-state index is 0.0617. The molecule has 1 aromatic rings. The molecular weight excluding hydrogens is 278 g/mol. The molecule has 22 heavy (non-hydrogen) atoms. The van der Waals surface area contributed by atoms with E-state index >= 15 is 0 Å². The van der Waals surface area contributed by atoms with E-state index in [9.17, 15) is 10.1 Å². The number of carbonyl (C=O) groups excluding carboxylic acids is 1. The van der Waals surface area contributed by atoms with Crippen LogP contribution in [0, 0.1) is 11.3 Å². The van der Waals surface area contributed by atoms with E-state index in [4.69, 9.17) is 10.5 Å². The molecular formula is C17H19N3O2. The molecule has 1 aromatic carbocycles. The molecule has 0 spiro atoms. The van der Waals surface area contributed by atoms with Crippen molar-refractivity contribution in [2.45, 2.75) is 19.8 Å². The molecule has 0 amide bonds. The lowest BCUT2D eigenvalue weighted by Crippen LogP contribution is -2.23. The van der Waals surface area contributed by atoms with Crippen LogP contribution < -0.4 is 10.6 Å². The molecule has 0 aliphatic carbocycles. The molecule has 0 aromatic heterocycles. The number of hydrogen-bond acceptors (Lipinski definition) is 5. The van der Waals surface area contributed by atoms with E-state index in [0.717, 1.165) is 11.3 Å². The Labute approximate surface area is 130 Å². The van der Waals surface area contributed by atoms with Gasteiger partial charge in [0.05, 0.1) is 5.92 Å². The molecule has 1 heterocycles. The molecule has 1 aliphatic heterocycles. The second-order valence-electron chi connectivity index (χ2n) is 5.44. The maximum absolute atomic E-state index is 12.0. The van der Waals surface area contributed by atoms with E-state index in [1.165, 1.54) is 6.92 Å². The molecule has 1 atom stereocenters. The molecule has 0 saturated carbocycles. The smallest absolute Gasteiger partial charge is 0.205 e. The summed E-state index contributed by atoms with van der Waals surface area (Å²) >= 11 is 0. The zero-order chi connectivity index (χ0) is 16.4. The van der Waals surface area contributed by atoms with Gasteiger partial charge in [0, 0.05) is 25.4 Å². The normalized spacial score (nSPS) is 17.9. The minimum atomic E-state index is -0.479. The molecule has 2 rings (SSSR count).